The van der Waals surface area contributed by atoms with Gasteiger partial charge in [0.1, 0.15) is 11.5 Å². The highest BCUT2D eigenvalue weighted by atomic mass is 16.5. The molecule has 3 atom stereocenters. The molecule has 0 aromatic heterocycles. The second-order valence-electron chi connectivity index (χ2n) is 8.18. The van der Waals surface area contributed by atoms with Gasteiger partial charge in [0.15, 0.2) is 0 Å². The fraction of sp³-hybridized carbons (Fsp3) is 0.375. The molecule has 1 saturated carbocycles. The van der Waals surface area contributed by atoms with E-state index in [9.17, 15) is 14.4 Å². The predicted molar refractivity (Wildman–Crippen MR) is 116 cm³/mol. The molecule has 2 aromatic rings. The monoisotopic (exact) mass is 422 g/mol. The number of nitrogens with zero attached hydrogens (tertiary/aromatic N) is 1. The van der Waals surface area contributed by atoms with Crippen LogP contribution >= 0.6 is 0 Å². The quantitative estimate of drug-likeness (QED) is 0.739. The first-order valence-corrected chi connectivity index (χ1v) is 10.4. The Balaban J connectivity index is 1.64. The SMILES string of the molecule is COc1ccc(NC(=O)c2ccccc2N2C(=O)[C@@H]3CC[C@H](C)C[C@H]3C2=O)c(OC)c1. The van der Waals surface area contributed by atoms with Gasteiger partial charge >= 0.3 is 0 Å². The first kappa shape index (κ1) is 20.9. The van der Waals surface area contributed by atoms with Crippen LogP contribution in [0.4, 0.5) is 11.4 Å². The lowest BCUT2D eigenvalue weighted by molar-refractivity contribution is -0.122. The number of amides is 3. The van der Waals surface area contributed by atoms with Crippen LogP contribution in [0.15, 0.2) is 42.5 Å². The number of nitrogens with one attached hydrogen (secondary N) is 1. The predicted octanol–water partition coefficient (Wildman–Crippen LogP) is 3.88. The highest BCUT2D eigenvalue weighted by Gasteiger charge is 2.50. The fourth-order valence-corrected chi connectivity index (χ4v) is 4.58. The van der Waals surface area contributed by atoms with E-state index in [0.29, 0.717) is 41.6 Å². The largest absolute Gasteiger partial charge is 0.497 e. The van der Waals surface area contributed by atoms with E-state index in [-0.39, 0.29) is 29.2 Å². The maximum Gasteiger partial charge on any atom is 0.257 e. The van der Waals surface area contributed by atoms with E-state index in [1.165, 1.54) is 12.0 Å². The van der Waals surface area contributed by atoms with Crippen molar-refractivity contribution in [3.8, 4) is 11.5 Å². The number of benzene rings is 2. The fourth-order valence-electron chi connectivity index (χ4n) is 4.58. The number of hydrogen-bond acceptors (Lipinski definition) is 5. The third-order valence-electron chi connectivity index (χ3n) is 6.23. The lowest BCUT2D eigenvalue weighted by Gasteiger charge is -2.25. The molecule has 3 amide bonds. The van der Waals surface area contributed by atoms with Crippen LogP contribution in [0.3, 0.4) is 0 Å². The molecule has 0 bridgehead atoms. The summed E-state index contributed by atoms with van der Waals surface area (Å²) in [7, 11) is 3.05. The van der Waals surface area contributed by atoms with Gasteiger partial charge in [-0.25, -0.2) is 4.90 Å². The van der Waals surface area contributed by atoms with E-state index in [0.717, 1.165) is 6.42 Å². The molecule has 1 aliphatic carbocycles. The number of fused-ring (bicyclic) bond motifs is 1. The Kier molecular flexibility index (Phi) is 5.67. The Morgan fingerprint density at radius 1 is 1.00 bits per heavy atom. The van der Waals surface area contributed by atoms with Gasteiger partial charge in [-0.1, -0.05) is 19.1 Å². The lowest BCUT2D eigenvalue weighted by Crippen LogP contribution is -2.33. The number of rotatable bonds is 5. The lowest BCUT2D eigenvalue weighted by atomic mass is 9.76. The summed E-state index contributed by atoms with van der Waals surface area (Å²) in [4.78, 5) is 40.6. The van der Waals surface area contributed by atoms with Crippen LogP contribution in [0.5, 0.6) is 11.5 Å². The summed E-state index contributed by atoms with van der Waals surface area (Å²) in [6.45, 7) is 2.11. The highest BCUT2D eigenvalue weighted by molar-refractivity contribution is 6.24. The molecule has 1 heterocycles. The molecule has 0 spiro atoms. The summed E-state index contributed by atoms with van der Waals surface area (Å²) < 4.78 is 10.5. The summed E-state index contributed by atoms with van der Waals surface area (Å²) in [6.07, 6.45) is 2.36. The van der Waals surface area contributed by atoms with E-state index in [1.807, 2.05) is 0 Å². The summed E-state index contributed by atoms with van der Waals surface area (Å²) in [5.41, 5.74) is 1.04. The zero-order valence-corrected chi connectivity index (χ0v) is 17.9. The minimum absolute atomic E-state index is 0.204. The van der Waals surface area contributed by atoms with Crippen molar-refractivity contribution in [3.05, 3.63) is 48.0 Å². The Hall–Kier alpha value is -3.35. The van der Waals surface area contributed by atoms with Crippen molar-refractivity contribution in [1.29, 1.82) is 0 Å². The smallest absolute Gasteiger partial charge is 0.257 e. The molecule has 2 aromatic carbocycles. The zero-order chi connectivity index (χ0) is 22.1. The normalized spacial score (nSPS) is 22.8. The number of ether oxygens (including phenoxy) is 2. The number of carbonyl (C=O) groups is 3. The van der Waals surface area contributed by atoms with Crippen molar-refractivity contribution < 1.29 is 23.9 Å². The van der Waals surface area contributed by atoms with Crippen LogP contribution < -0.4 is 19.7 Å². The standard InChI is InChI=1S/C24H26N2O5/c1-14-8-10-16-18(12-14)24(29)26(23(16)28)20-7-5-4-6-17(20)22(27)25-19-11-9-15(30-2)13-21(19)31-3/h4-7,9,11,13-14,16,18H,8,10,12H2,1-3H3,(H,25,27)/t14-,16+,18+/m0/s1. The number of carbonyl (C=O) groups excluding carboxylic acids is 3. The van der Waals surface area contributed by atoms with Gasteiger partial charge in [-0.2, -0.15) is 0 Å². The third kappa shape index (κ3) is 3.76. The third-order valence-corrected chi connectivity index (χ3v) is 6.23. The highest BCUT2D eigenvalue weighted by Crippen LogP contribution is 2.43. The Labute approximate surface area is 181 Å². The van der Waals surface area contributed by atoms with Crippen LogP contribution in [0, 0.1) is 17.8 Å². The molecular weight excluding hydrogens is 396 g/mol. The van der Waals surface area contributed by atoms with Gasteiger partial charge < -0.3 is 14.8 Å². The molecule has 1 N–H and O–H groups in total. The Morgan fingerprint density at radius 3 is 2.48 bits per heavy atom. The number of anilines is 2. The van der Waals surface area contributed by atoms with Gasteiger partial charge in [0.05, 0.1) is 43.0 Å². The van der Waals surface area contributed by atoms with Gasteiger partial charge in [0.2, 0.25) is 11.8 Å². The van der Waals surface area contributed by atoms with Crippen LogP contribution in [0.2, 0.25) is 0 Å². The molecule has 4 rings (SSSR count). The second-order valence-corrected chi connectivity index (χ2v) is 8.18. The van der Waals surface area contributed by atoms with E-state index in [4.69, 9.17) is 9.47 Å². The van der Waals surface area contributed by atoms with Gasteiger partial charge in [0.25, 0.3) is 5.91 Å². The van der Waals surface area contributed by atoms with Crippen molar-refractivity contribution in [1.82, 2.24) is 0 Å². The number of methoxy groups -OCH3 is 2. The van der Waals surface area contributed by atoms with Crippen molar-refractivity contribution in [3.63, 3.8) is 0 Å². The maximum absolute atomic E-state index is 13.1. The topological polar surface area (TPSA) is 84.9 Å². The van der Waals surface area contributed by atoms with Gasteiger partial charge in [-0.05, 0) is 49.4 Å². The van der Waals surface area contributed by atoms with Crippen LogP contribution in [-0.4, -0.2) is 31.9 Å². The van der Waals surface area contributed by atoms with E-state index < -0.39 is 5.91 Å². The van der Waals surface area contributed by atoms with E-state index in [1.54, 1.807) is 49.6 Å². The molecule has 0 radical (unpaired) electrons. The molecule has 31 heavy (non-hydrogen) atoms. The molecule has 7 heteroatoms. The first-order valence-electron chi connectivity index (χ1n) is 10.4. The molecule has 7 nitrogen and oxygen atoms in total. The van der Waals surface area contributed by atoms with E-state index >= 15 is 0 Å². The maximum atomic E-state index is 13.1. The number of hydrogen-bond donors (Lipinski definition) is 1. The summed E-state index contributed by atoms with van der Waals surface area (Å²) in [5.74, 6) is 0.0318. The number of para-hydroxylation sites is 1. The second kappa shape index (κ2) is 8.41. The van der Waals surface area contributed by atoms with E-state index in [2.05, 4.69) is 12.2 Å². The summed E-state index contributed by atoms with van der Waals surface area (Å²) >= 11 is 0. The van der Waals surface area contributed by atoms with Gasteiger partial charge in [-0.15, -0.1) is 0 Å². The van der Waals surface area contributed by atoms with Crippen molar-refractivity contribution >= 4 is 29.1 Å². The zero-order valence-electron chi connectivity index (χ0n) is 17.9. The van der Waals surface area contributed by atoms with Crippen LogP contribution in [0.25, 0.3) is 0 Å². The molecular formula is C24H26N2O5. The van der Waals surface area contributed by atoms with Crippen molar-refractivity contribution in [2.24, 2.45) is 17.8 Å². The van der Waals surface area contributed by atoms with Gasteiger partial charge in [-0.3, -0.25) is 14.4 Å². The van der Waals surface area contributed by atoms with Crippen molar-refractivity contribution in [2.45, 2.75) is 26.2 Å². The number of imide groups is 1. The molecule has 1 aliphatic heterocycles. The molecule has 2 fully saturated rings. The van der Waals surface area contributed by atoms with Gasteiger partial charge in [0, 0.05) is 6.07 Å². The van der Waals surface area contributed by atoms with Crippen LogP contribution in [-0.2, 0) is 9.59 Å². The molecule has 162 valence electrons. The van der Waals surface area contributed by atoms with Crippen LogP contribution in [0.1, 0.15) is 36.5 Å². The average Bonchev–Trinajstić information content (AvgIpc) is 3.03. The summed E-state index contributed by atoms with van der Waals surface area (Å²) in [5, 5.41) is 2.82. The minimum atomic E-state index is -0.428. The van der Waals surface area contributed by atoms with Crippen molar-refractivity contribution in [2.75, 3.05) is 24.4 Å². The Morgan fingerprint density at radius 2 is 1.74 bits per heavy atom. The molecule has 0 unspecified atom stereocenters. The molecule has 1 saturated heterocycles. The summed E-state index contributed by atoms with van der Waals surface area (Å²) in [6, 6.07) is 11.8. The average molecular weight is 422 g/mol. The Bertz CT molecular complexity index is 1030. The first-order chi connectivity index (χ1) is 14.9. The molecule has 2 aliphatic rings. The minimum Gasteiger partial charge on any atom is -0.497 e.